The maximum atomic E-state index is 13.2. The van der Waals surface area contributed by atoms with Gasteiger partial charge in [-0.3, -0.25) is 0 Å². The summed E-state index contributed by atoms with van der Waals surface area (Å²) in [7, 11) is 3.16. The van der Waals surface area contributed by atoms with Crippen LogP contribution >= 0.6 is 0 Å². The molecule has 1 saturated heterocycles. The highest BCUT2D eigenvalue weighted by atomic mass is 32.2. The second-order valence-corrected chi connectivity index (χ2v) is 12.0. The predicted molar refractivity (Wildman–Crippen MR) is 156 cm³/mol. The molecule has 3 aromatic rings. The van der Waals surface area contributed by atoms with Gasteiger partial charge in [0.25, 0.3) is 0 Å². The van der Waals surface area contributed by atoms with Crippen LogP contribution in [0.2, 0.25) is 0 Å². The number of rotatable bonds is 12. The largest absolute Gasteiger partial charge is 0.495 e. The summed E-state index contributed by atoms with van der Waals surface area (Å²) in [5.74, 6) is 1.06. The van der Waals surface area contributed by atoms with Crippen LogP contribution in [-0.2, 0) is 14.8 Å². The first-order chi connectivity index (χ1) is 19.7. The van der Waals surface area contributed by atoms with E-state index in [2.05, 4.69) is 21.4 Å². The lowest BCUT2D eigenvalue weighted by molar-refractivity contribution is 0.0254. The topological polar surface area (TPSA) is 130 Å². The van der Waals surface area contributed by atoms with Gasteiger partial charge in [-0.25, -0.2) is 22.7 Å². The molecule has 0 radical (unpaired) electrons. The first-order valence-corrected chi connectivity index (χ1v) is 14.8. The number of nitrogens with zero attached hydrogens (tertiary/aromatic N) is 5. The van der Waals surface area contributed by atoms with Gasteiger partial charge in [0.05, 0.1) is 31.6 Å². The van der Waals surface area contributed by atoms with E-state index in [-0.39, 0.29) is 16.7 Å². The monoisotopic (exact) mass is 580 g/mol. The second-order valence-electron chi connectivity index (χ2n) is 9.99. The van der Waals surface area contributed by atoms with Crippen LogP contribution in [0.25, 0.3) is 11.3 Å². The van der Waals surface area contributed by atoms with Crippen molar-refractivity contribution in [2.75, 3.05) is 59.9 Å². The van der Waals surface area contributed by atoms with Gasteiger partial charge in [0.1, 0.15) is 28.6 Å². The van der Waals surface area contributed by atoms with Crippen molar-refractivity contribution in [2.24, 2.45) is 0 Å². The summed E-state index contributed by atoms with van der Waals surface area (Å²) in [6, 6.07) is 14.1. The normalized spacial score (nSPS) is 14.2. The molecule has 218 valence electrons. The van der Waals surface area contributed by atoms with E-state index in [0.29, 0.717) is 54.8 Å². The van der Waals surface area contributed by atoms with Gasteiger partial charge in [-0.1, -0.05) is 0 Å². The number of anilines is 2. The minimum Gasteiger partial charge on any atom is -0.495 e. The van der Waals surface area contributed by atoms with Crippen LogP contribution in [0.4, 0.5) is 11.6 Å². The molecule has 0 atom stereocenters. The molecule has 0 saturated carbocycles. The maximum Gasteiger partial charge on any atom is 0.246 e. The molecule has 0 amide bonds. The van der Waals surface area contributed by atoms with E-state index in [1.807, 2.05) is 25.1 Å². The van der Waals surface area contributed by atoms with Crippen molar-refractivity contribution >= 4 is 21.7 Å². The Morgan fingerprint density at radius 2 is 1.85 bits per heavy atom. The highest BCUT2D eigenvalue weighted by molar-refractivity contribution is 7.89. The SMILES string of the molecule is COc1cc(Nc2nccc(-c3ccc(OC4CCOCC4)c(C#N)c3)n2)ccc1S(=O)(=O)N(C)CCCN(C)C. The van der Waals surface area contributed by atoms with E-state index in [9.17, 15) is 13.7 Å². The van der Waals surface area contributed by atoms with Gasteiger partial charge in [0, 0.05) is 49.9 Å². The third kappa shape index (κ3) is 7.71. The van der Waals surface area contributed by atoms with Crippen molar-refractivity contribution in [1.82, 2.24) is 19.2 Å². The van der Waals surface area contributed by atoms with Crippen molar-refractivity contribution < 1.29 is 22.6 Å². The first-order valence-electron chi connectivity index (χ1n) is 13.4. The molecule has 1 N–H and O–H groups in total. The molecule has 2 aromatic carbocycles. The Kier molecular flexibility index (Phi) is 10.1. The molecule has 0 aliphatic carbocycles. The van der Waals surface area contributed by atoms with Crippen molar-refractivity contribution in [3.8, 4) is 28.8 Å². The second kappa shape index (κ2) is 13.7. The quantitative estimate of drug-likeness (QED) is 0.337. The maximum absolute atomic E-state index is 13.2. The van der Waals surface area contributed by atoms with E-state index in [1.54, 1.807) is 43.6 Å². The number of hydrogen-bond donors (Lipinski definition) is 1. The molecule has 11 nitrogen and oxygen atoms in total. The average Bonchev–Trinajstić information content (AvgIpc) is 2.97. The zero-order chi connectivity index (χ0) is 29.4. The zero-order valence-corrected chi connectivity index (χ0v) is 24.6. The van der Waals surface area contributed by atoms with Crippen LogP contribution in [0.5, 0.6) is 11.5 Å². The lowest BCUT2D eigenvalue weighted by Gasteiger charge is -2.23. The molecule has 41 heavy (non-hydrogen) atoms. The number of benzene rings is 2. The van der Waals surface area contributed by atoms with Gasteiger partial charge in [-0.15, -0.1) is 0 Å². The molecule has 1 fully saturated rings. The van der Waals surface area contributed by atoms with E-state index in [4.69, 9.17) is 14.2 Å². The van der Waals surface area contributed by atoms with Gasteiger partial charge in [-0.2, -0.15) is 5.26 Å². The number of nitrogens with one attached hydrogen (secondary N) is 1. The molecular formula is C29H36N6O5S. The molecular weight excluding hydrogens is 544 g/mol. The third-order valence-electron chi connectivity index (χ3n) is 6.70. The van der Waals surface area contributed by atoms with Crippen LogP contribution in [0.3, 0.4) is 0 Å². The fourth-order valence-electron chi connectivity index (χ4n) is 4.42. The lowest BCUT2D eigenvalue weighted by atomic mass is 10.1. The summed E-state index contributed by atoms with van der Waals surface area (Å²) >= 11 is 0. The number of nitriles is 1. The minimum atomic E-state index is -3.74. The van der Waals surface area contributed by atoms with Crippen LogP contribution in [0.15, 0.2) is 53.6 Å². The Hall–Kier alpha value is -3.76. The first kappa shape index (κ1) is 30.2. The Morgan fingerprint density at radius 1 is 1.07 bits per heavy atom. The zero-order valence-electron chi connectivity index (χ0n) is 23.8. The Morgan fingerprint density at radius 3 is 2.56 bits per heavy atom. The fourth-order valence-corrected chi connectivity index (χ4v) is 5.76. The van der Waals surface area contributed by atoms with Crippen LogP contribution in [0.1, 0.15) is 24.8 Å². The molecule has 1 aliphatic rings. The Labute approximate surface area is 241 Å². The minimum absolute atomic E-state index is 0.0263. The van der Waals surface area contributed by atoms with Crippen molar-refractivity contribution in [3.05, 3.63) is 54.2 Å². The highest BCUT2D eigenvalue weighted by Crippen LogP contribution is 2.31. The molecule has 0 unspecified atom stereocenters. The van der Waals surface area contributed by atoms with E-state index in [1.165, 1.54) is 17.5 Å². The summed E-state index contributed by atoms with van der Waals surface area (Å²) in [6.45, 7) is 2.48. The standard InChI is InChI=1S/C29H36N6O5S/c1-34(2)14-5-15-35(3)41(36,37)28-9-7-23(19-27(28)38-4)32-29-31-13-10-25(33-29)21-6-8-26(22(18-21)20-30)40-24-11-16-39-17-12-24/h6-10,13,18-19,24H,5,11-12,14-17H2,1-4H3,(H,31,32,33). The van der Waals surface area contributed by atoms with Crippen LogP contribution in [-0.4, -0.2) is 88.3 Å². The molecule has 2 heterocycles. The smallest absolute Gasteiger partial charge is 0.246 e. The molecule has 0 spiro atoms. The average molecular weight is 581 g/mol. The fraction of sp³-hybridized carbons (Fsp3) is 0.414. The Balaban J connectivity index is 1.50. The lowest BCUT2D eigenvalue weighted by Crippen LogP contribution is -2.30. The summed E-state index contributed by atoms with van der Waals surface area (Å²) < 4.78 is 44.6. The number of aromatic nitrogens is 2. The number of sulfonamides is 1. The molecule has 1 aromatic heterocycles. The van der Waals surface area contributed by atoms with Crippen LogP contribution < -0.4 is 14.8 Å². The van der Waals surface area contributed by atoms with Crippen molar-refractivity contribution in [1.29, 1.82) is 5.26 Å². The molecule has 12 heteroatoms. The third-order valence-corrected chi connectivity index (χ3v) is 8.60. The van der Waals surface area contributed by atoms with E-state index in [0.717, 1.165) is 24.9 Å². The highest BCUT2D eigenvalue weighted by Gasteiger charge is 2.25. The summed E-state index contributed by atoms with van der Waals surface area (Å²) in [4.78, 5) is 11.0. The number of hydrogen-bond acceptors (Lipinski definition) is 10. The number of ether oxygens (including phenoxy) is 3. The summed E-state index contributed by atoms with van der Waals surface area (Å²) in [5, 5.41) is 12.9. The molecule has 0 bridgehead atoms. The predicted octanol–water partition coefficient (Wildman–Crippen LogP) is 3.90. The van der Waals surface area contributed by atoms with Gasteiger partial charge >= 0.3 is 0 Å². The van der Waals surface area contributed by atoms with Crippen LogP contribution in [0, 0.1) is 11.3 Å². The summed E-state index contributed by atoms with van der Waals surface area (Å²) in [5.41, 5.74) is 2.34. The van der Waals surface area contributed by atoms with Crippen molar-refractivity contribution in [3.63, 3.8) is 0 Å². The van der Waals surface area contributed by atoms with Gasteiger partial charge < -0.3 is 24.4 Å². The number of methoxy groups -OCH3 is 1. The van der Waals surface area contributed by atoms with Gasteiger partial charge in [0.2, 0.25) is 16.0 Å². The molecule has 1 aliphatic heterocycles. The van der Waals surface area contributed by atoms with Crippen molar-refractivity contribution in [2.45, 2.75) is 30.3 Å². The Bertz CT molecular complexity index is 1490. The van der Waals surface area contributed by atoms with Gasteiger partial charge in [0.15, 0.2) is 0 Å². The van der Waals surface area contributed by atoms with E-state index < -0.39 is 10.0 Å². The van der Waals surface area contributed by atoms with Gasteiger partial charge in [-0.05, 0) is 63.5 Å². The van der Waals surface area contributed by atoms with E-state index >= 15 is 0 Å². The summed E-state index contributed by atoms with van der Waals surface area (Å²) in [6.07, 6.45) is 3.93. The molecule has 4 rings (SSSR count).